The number of piperazine rings is 1. The van der Waals surface area contributed by atoms with Gasteiger partial charge in [-0.3, -0.25) is 9.59 Å². The Kier molecular flexibility index (Phi) is 5.50. The first-order valence-electron chi connectivity index (χ1n) is 12.8. The first-order chi connectivity index (χ1) is 18.6. The molecule has 3 fully saturated rings. The van der Waals surface area contributed by atoms with Crippen LogP contribution in [0.4, 0.5) is 5.95 Å². The second-order valence-corrected chi connectivity index (χ2v) is 9.81. The number of hydrogen-bond acceptors (Lipinski definition) is 8. The third-order valence-corrected chi connectivity index (χ3v) is 7.52. The van der Waals surface area contributed by atoms with Crippen molar-refractivity contribution in [2.75, 3.05) is 44.3 Å². The van der Waals surface area contributed by atoms with Crippen molar-refractivity contribution in [3.63, 3.8) is 0 Å². The van der Waals surface area contributed by atoms with E-state index in [1.165, 1.54) is 0 Å². The van der Waals surface area contributed by atoms with E-state index in [4.69, 9.17) is 4.74 Å². The number of pyridine rings is 1. The van der Waals surface area contributed by atoms with Crippen LogP contribution in [0.5, 0.6) is 0 Å². The molecular formula is C27H26N8O3. The number of para-hydroxylation sites is 2. The number of aromatic amines is 1. The van der Waals surface area contributed by atoms with Crippen LogP contribution in [-0.2, 0) is 4.74 Å². The summed E-state index contributed by atoms with van der Waals surface area (Å²) >= 11 is 0. The Balaban J connectivity index is 1.05. The number of nitrogens with zero attached hydrogens (tertiary/aromatic N) is 7. The topological polar surface area (TPSA) is 120 Å². The Morgan fingerprint density at radius 2 is 1.58 bits per heavy atom. The van der Waals surface area contributed by atoms with E-state index >= 15 is 0 Å². The highest BCUT2D eigenvalue weighted by molar-refractivity contribution is 5.95. The highest BCUT2D eigenvalue weighted by Gasteiger charge is 2.47. The highest BCUT2D eigenvalue weighted by atomic mass is 16.5. The van der Waals surface area contributed by atoms with E-state index in [0.717, 1.165) is 17.5 Å². The molecule has 2 bridgehead atoms. The van der Waals surface area contributed by atoms with Gasteiger partial charge in [0.1, 0.15) is 17.1 Å². The SMILES string of the molecule is O=C(c1cccc(-c2nc3ccccc3[nH]2)n1)N1CC2CC1CN2C(=O)c1ccnc(N2CCOCC2)n1. The van der Waals surface area contributed by atoms with Gasteiger partial charge in [0.2, 0.25) is 5.95 Å². The van der Waals surface area contributed by atoms with Crippen molar-refractivity contribution in [2.24, 2.45) is 0 Å². The molecule has 6 heterocycles. The normalized spacial score (nSPS) is 20.9. The van der Waals surface area contributed by atoms with Gasteiger partial charge in [0.05, 0.1) is 36.3 Å². The number of likely N-dealkylation sites (tertiary alicyclic amines) is 2. The molecule has 0 spiro atoms. The number of nitrogens with one attached hydrogen (secondary N) is 1. The first-order valence-corrected chi connectivity index (χ1v) is 12.8. The number of carbonyl (C=O) groups is 2. The lowest BCUT2D eigenvalue weighted by molar-refractivity contribution is 0.0520. The molecule has 0 aliphatic carbocycles. The van der Waals surface area contributed by atoms with Gasteiger partial charge in [-0.15, -0.1) is 0 Å². The number of hydrogen-bond donors (Lipinski definition) is 1. The number of carbonyl (C=O) groups excluding carboxylic acids is 2. The van der Waals surface area contributed by atoms with Crippen molar-refractivity contribution >= 4 is 28.8 Å². The van der Waals surface area contributed by atoms with E-state index < -0.39 is 0 Å². The van der Waals surface area contributed by atoms with Crippen LogP contribution in [0.3, 0.4) is 0 Å². The Bertz CT molecular complexity index is 1500. The molecule has 2 amide bonds. The summed E-state index contributed by atoms with van der Waals surface area (Å²) < 4.78 is 5.40. The zero-order valence-electron chi connectivity index (χ0n) is 20.7. The van der Waals surface area contributed by atoms with Crippen molar-refractivity contribution < 1.29 is 14.3 Å². The molecule has 0 saturated carbocycles. The number of benzene rings is 1. The molecule has 3 aromatic heterocycles. The summed E-state index contributed by atoms with van der Waals surface area (Å²) in [6, 6.07) is 14.7. The summed E-state index contributed by atoms with van der Waals surface area (Å²) in [7, 11) is 0. The molecule has 38 heavy (non-hydrogen) atoms. The van der Waals surface area contributed by atoms with E-state index in [2.05, 4.69) is 24.9 Å². The number of aromatic nitrogens is 5. The molecule has 7 rings (SSSR count). The predicted molar refractivity (Wildman–Crippen MR) is 139 cm³/mol. The van der Waals surface area contributed by atoms with E-state index in [0.29, 0.717) is 68.2 Å². The van der Waals surface area contributed by atoms with Crippen LogP contribution < -0.4 is 4.90 Å². The van der Waals surface area contributed by atoms with Crippen LogP contribution in [0.25, 0.3) is 22.6 Å². The molecule has 0 radical (unpaired) electrons. The summed E-state index contributed by atoms with van der Waals surface area (Å²) in [5, 5.41) is 0. The molecule has 11 nitrogen and oxygen atoms in total. The number of imidazole rings is 1. The van der Waals surface area contributed by atoms with E-state index in [1.54, 1.807) is 18.3 Å². The number of H-pyrrole nitrogens is 1. The van der Waals surface area contributed by atoms with Crippen molar-refractivity contribution in [3.8, 4) is 11.5 Å². The van der Waals surface area contributed by atoms with E-state index in [1.807, 2.05) is 51.1 Å². The molecule has 3 saturated heterocycles. The summed E-state index contributed by atoms with van der Waals surface area (Å²) in [5.41, 5.74) is 3.14. The largest absolute Gasteiger partial charge is 0.378 e. The van der Waals surface area contributed by atoms with Gasteiger partial charge in [-0.25, -0.2) is 19.9 Å². The molecule has 11 heteroatoms. The van der Waals surface area contributed by atoms with Crippen LogP contribution in [0.1, 0.15) is 27.4 Å². The average Bonchev–Trinajstić information content (AvgIpc) is 3.72. The maximum atomic E-state index is 13.5. The second kappa shape index (κ2) is 9.18. The van der Waals surface area contributed by atoms with Crippen LogP contribution in [0.2, 0.25) is 0 Å². The lowest BCUT2D eigenvalue weighted by Crippen LogP contribution is -2.51. The number of morpholine rings is 1. The second-order valence-electron chi connectivity index (χ2n) is 9.81. The predicted octanol–water partition coefficient (Wildman–Crippen LogP) is 1.99. The van der Waals surface area contributed by atoms with Crippen molar-refractivity contribution in [2.45, 2.75) is 18.5 Å². The van der Waals surface area contributed by atoms with E-state index in [9.17, 15) is 9.59 Å². The molecule has 1 aromatic carbocycles. The van der Waals surface area contributed by atoms with Gasteiger partial charge in [0, 0.05) is 32.4 Å². The molecule has 4 aromatic rings. The molecule has 2 atom stereocenters. The van der Waals surface area contributed by atoms with Gasteiger partial charge < -0.3 is 24.4 Å². The monoisotopic (exact) mass is 510 g/mol. The van der Waals surface area contributed by atoms with Crippen molar-refractivity contribution in [3.05, 3.63) is 66.1 Å². The maximum Gasteiger partial charge on any atom is 0.273 e. The smallest absolute Gasteiger partial charge is 0.273 e. The zero-order valence-corrected chi connectivity index (χ0v) is 20.7. The van der Waals surface area contributed by atoms with Gasteiger partial charge >= 0.3 is 0 Å². The molecular weight excluding hydrogens is 484 g/mol. The Labute approximate surface area is 218 Å². The number of anilines is 1. The van der Waals surface area contributed by atoms with Crippen LogP contribution in [0, 0.1) is 0 Å². The Morgan fingerprint density at radius 3 is 2.32 bits per heavy atom. The molecule has 3 aliphatic heterocycles. The van der Waals surface area contributed by atoms with Crippen molar-refractivity contribution in [1.82, 2.24) is 34.7 Å². The Morgan fingerprint density at radius 1 is 0.842 bits per heavy atom. The maximum absolute atomic E-state index is 13.5. The van der Waals surface area contributed by atoms with Crippen LogP contribution in [0.15, 0.2) is 54.7 Å². The van der Waals surface area contributed by atoms with Gasteiger partial charge in [-0.2, -0.15) is 0 Å². The standard InChI is InChI=1S/C27H26N8O3/c36-25(22-7-3-6-21(29-22)24-30-19-4-1-2-5-20(19)31-24)34-15-18-14-17(34)16-35(18)26(37)23-8-9-28-27(32-23)33-10-12-38-13-11-33/h1-9,17-18H,10-16H2,(H,30,31). The zero-order chi connectivity index (χ0) is 25.6. The third kappa shape index (κ3) is 3.95. The number of ether oxygens (including phenoxy) is 1. The minimum atomic E-state index is -0.126. The number of rotatable bonds is 4. The minimum Gasteiger partial charge on any atom is -0.378 e. The fourth-order valence-corrected chi connectivity index (χ4v) is 5.60. The Hall–Kier alpha value is -4.38. The van der Waals surface area contributed by atoms with Crippen LogP contribution >= 0.6 is 0 Å². The molecule has 3 aliphatic rings. The fraction of sp³-hybridized carbons (Fsp3) is 0.333. The van der Waals surface area contributed by atoms with Gasteiger partial charge in [-0.1, -0.05) is 18.2 Å². The van der Waals surface area contributed by atoms with Gasteiger partial charge in [0.25, 0.3) is 11.8 Å². The molecule has 192 valence electrons. The average molecular weight is 511 g/mol. The fourth-order valence-electron chi connectivity index (χ4n) is 5.60. The van der Waals surface area contributed by atoms with Crippen LogP contribution in [-0.4, -0.2) is 98.0 Å². The molecule has 2 unspecified atom stereocenters. The minimum absolute atomic E-state index is 0.0446. The van der Waals surface area contributed by atoms with E-state index in [-0.39, 0.29) is 23.9 Å². The lowest BCUT2D eigenvalue weighted by Gasteiger charge is -2.34. The summed E-state index contributed by atoms with van der Waals surface area (Å²) in [6.45, 7) is 3.61. The quantitative estimate of drug-likeness (QED) is 0.443. The van der Waals surface area contributed by atoms with Crippen molar-refractivity contribution in [1.29, 1.82) is 0 Å². The van der Waals surface area contributed by atoms with Gasteiger partial charge in [0.15, 0.2) is 5.82 Å². The summed E-state index contributed by atoms with van der Waals surface area (Å²) in [6.07, 6.45) is 2.39. The lowest BCUT2D eigenvalue weighted by atomic mass is 10.2. The van der Waals surface area contributed by atoms with Gasteiger partial charge in [-0.05, 0) is 36.8 Å². The number of amides is 2. The summed E-state index contributed by atoms with van der Waals surface area (Å²) in [5.74, 6) is 0.934. The summed E-state index contributed by atoms with van der Waals surface area (Å²) in [4.78, 5) is 53.9. The third-order valence-electron chi connectivity index (χ3n) is 7.52. The first kappa shape index (κ1) is 22.8. The highest BCUT2D eigenvalue weighted by Crippen LogP contribution is 2.33. The number of fused-ring (bicyclic) bond motifs is 3. The molecule has 1 N–H and O–H groups in total.